The maximum absolute atomic E-state index is 12.9. The van der Waals surface area contributed by atoms with Crippen LogP contribution in [0.1, 0.15) is 17.2 Å². The molecule has 0 aliphatic rings. The standard InChI is InChI=1S/C12H13F3N2O4/c13-12(14,15)8-4-2-1-3-7(8)9(17-11(20)21)10(19)16-5-6-18/h1-4,9,17-18H,5-6H2,(H,16,19)(H,20,21). The first-order valence-electron chi connectivity index (χ1n) is 5.81. The number of aliphatic hydroxyl groups is 1. The SMILES string of the molecule is O=C(O)NC(C(=O)NCCO)c1ccccc1C(F)(F)F. The molecular formula is C12H13F3N2O4. The summed E-state index contributed by atoms with van der Waals surface area (Å²) in [6.45, 7) is -0.628. The predicted molar refractivity (Wildman–Crippen MR) is 65.4 cm³/mol. The molecule has 1 aromatic carbocycles. The van der Waals surface area contributed by atoms with E-state index in [1.807, 2.05) is 0 Å². The third-order valence-electron chi connectivity index (χ3n) is 2.52. The van der Waals surface area contributed by atoms with Gasteiger partial charge in [0.2, 0.25) is 5.91 Å². The second-order valence-electron chi connectivity index (χ2n) is 3.98. The summed E-state index contributed by atoms with van der Waals surface area (Å²) in [6.07, 6.45) is -6.37. The zero-order chi connectivity index (χ0) is 16.0. The highest BCUT2D eigenvalue weighted by Crippen LogP contribution is 2.34. The molecule has 1 atom stereocenters. The molecule has 0 fully saturated rings. The average molecular weight is 306 g/mol. The van der Waals surface area contributed by atoms with Gasteiger partial charge in [-0.25, -0.2) is 4.79 Å². The van der Waals surface area contributed by atoms with Gasteiger partial charge in [-0.1, -0.05) is 18.2 Å². The van der Waals surface area contributed by atoms with E-state index in [4.69, 9.17) is 10.2 Å². The Balaban J connectivity index is 3.20. The van der Waals surface area contributed by atoms with Gasteiger partial charge < -0.3 is 20.8 Å². The van der Waals surface area contributed by atoms with Crippen LogP contribution in [0.5, 0.6) is 0 Å². The molecule has 21 heavy (non-hydrogen) atoms. The van der Waals surface area contributed by atoms with E-state index in [0.29, 0.717) is 0 Å². The summed E-state index contributed by atoms with van der Waals surface area (Å²) >= 11 is 0. The number of aliphatic hydroxyl groups excluding tert-OH is 1. The molecule has 0 spiro atoms. The van der Waals surface area contributed by atoms with E-state index in [1.54, 1.807) is 5.32 Å². The van der Waals surface area contributed by atoms with Crippen molar-refractivity contribution in [1.82, 2.24) is 10.6 Å². The Kier molecular flexibility index (Phi) is 5.53. The van der Waals surface area contributed by atoms with Crippen LogP contribution in [0.25, 0.3) is 0 Å². The van der Waals surface area contributed by atoms with E-state index in [1.165, 1.54) is 6.07 Å². The van der Waals surface area contributed by atoms with Gasteiger partial charge in [-0.15, -0.1) is 0 Å². The summed E-state index contributed by atoms with van der Waals surface area (Å²) in [5.74, 6) is -0.983. The molecule has 6 nitrogen and oxygen atoms in total. The van der Waals surface area contributed by atoms with E-state index in [2.05, 4.69) is 5.32 Å². The lowest BCUT2D eigenvalue weighted by Crippen LogP contribution is -2.41. The Morgan fingerprint density at radius 2 is 1.86 bits per heavy atom. The third-order valence-corrected chi connectivity index (χ3v) is 2.52. The quantitative estimate of drug-likeness (QED) is 0.655. The van der Waals surface area contributed by atoms with Crippen molar-refractivity contribution in [3.63, 3.8) is 0 Å². The van der Waals surface area contributed by atoms with Crippen LogP contribution in [0.2, 0.25) is 0 Å². The molecular weight excluding hydrogens is 293 g/mol. The number of rotatable bonds is 5. The van der Waals surface area contributed by atoms with Crippen LogP contribution in [0, 0.1) is 0 Å². The number of benzene rings is 1. The highest BCUT2D eigenvalue weighted by Gasteiger charge is 2.37. The molecule has 9 heteroatoms. The van der Waals surface area contributed by atoms with Crippen molar-refractivity contribution < 1.29 is 33.0 Å². The van der Waals surface area contributed by atoms with Crippen molar-refractivity contribution in [3.05, 3.63) is 35.4 Å². The van der Waals surface area contributed by atoms with E-state index in [9.17, 15) is 22.8 Å². The molecule has 1 rings (SSSR count). The fourth-order valence-electron chi connectivity index (χ4n) is 1.70. The Morgan fingerprint density at radius 1 is 1.24 bits per heavy atom. The van der Waals surface area contributed by atoms with Crippen molar-refractivity contribution in [3.8, 4) is 0 Å². The van der Waals surface area contributed by atoms with Crippen LogP contribution in [0.3, 0.4) is 0 Å². The van der Waals surface area contributed by atoms with Crippen molar-refractivity contribution >= 4 is 12.0 Å². The Bertz CT molecular complexity index is 519. The maximum Gasteiger partial charge on any atom is 0.416 e. The minimum Gasteiger partial charge on any atom is -0.465 e. The Labute approximate surface area is 117 Å². The minimum atomic E-state index is -4.73. The molecule has 0 radical (unpaired) electrons. The number of hydrogen-bond acceptors (Lipinski definition) is 3. The molecule has 1 unspecified atom stereocenters. The van der Waals surface area contributed by atoms with Gasteiger partial charge in [-0.05, 0) is 11.6 Å². The third kappa shape index (κ3) is 4.63. The summed E-state index contributed by atoms with van der Waals surface area (Å²) in [5.41, 5.74) is -1.62. The van der Waals surface area contributed by atoms with Crippen LogP contribution >= 0.6 is 0 Å². The fraction of sp³-hybridized carbons (Fsp3) is 0.333. The highest BCUT2D eigenvalue weighted by atomic mass is 19.4. The number of carboxylic acid groups (broad SMARTS) is 1. The summed E-state index contributed by atoms with van der Waals surface area (Å²) in [4.78, 5) is 22.5. The Hall–Kier alpha value is -2.29. The summed E-state index contributed by atoms with van der Waals surface area (Å²) in [7, 11) is 0. The molecule has 1 aromatic rings. The lowest BCUT2D eigenvalue weighted by Gasteiger charge is -2.21. The Morgan fingerprint density at radius 3 is 2.38 bits per heavy atom. The van der Waals surface area contributed by atoms with Gasteiger partial charge in [0.05, 0.1) is 12.2 Å². The molecule has 0 heterocycles. The predicted octanol–water partition coefficient (Wildman–Crippen LogP) is 1.12. The second-order valence-corrected chi connectivity index (χ2v) is 3.98. The van der Waals surface area contributed by atoms with Crippen LogP contribution in [-0.2, 0) is 11.0 Å². The summed E-state index contributed by atoms with van der Waals surface area (Å²) < 4.78 is 38.7. The van der Waals surface area contributed by atoms with Gasteiger partial charge in [-0.3, -0.25) is 4.79 Å². The minimum absolute atomic E-state index is 0.204. The van der Waals surface area contributed by atoms with Crippen LogP contribution in [0.15, 0.2) is 24.3 Å². The lowest BCUT2D eigenvalue weighted by atomic mass is 9.99. The number of nitrogens with one attached hydrogen (secondary N) is 2. The van der Waals surface area contributed by atoms with Crippen molar-refractivity contribution in [2.24, 2.45) is 0 Å². The zero-order valence-electron chi connectivity index (χ0n) is 10.6. The van der Waals surface area contributed by atoms with Gasteiger partial charge in [0, 0.05) is 6.54 Å². The second kappa shape index (κ2) is 6.93. The van der Waals surface area contributed by atoms with E-state index >= 15 is 0 Å². The molecule has 116 valence electrons. The van der Waals surface area contributed by atoms with Crippen LogP contribution in [-0.4, -0.2) is 35.4 Å². The van der Waals surface area contributed by atoms with E-state index in [-0.39, 0.29) is 6.54 Å². The van der Waals surface area contributed by atoms with Crippen LogP contribution < -0.4 is 10.6 Å². The number of halogens is 3. The number of alkyl halides is 3. The summed E-state index contributed by atoms with van der Waals surface area (Å²) in [5, 5.41) is 21.2. The molecule has 0 aromatic heterocycles. The smallest absolute Gasteiger partial charge is 0.416 e. The van der Waals surface area contributed by atoms with Crippen molar-refractivity contribution in [1.29, 1.82) is 0 Å². The largest absolute Gasteiger partial charge is 0.465 e. The molecule has 4 N–H and O–H groups in total. The number of amides is 2. The maximum atomic E-state index is 12.9. The normalized spacial score (nSPS) is 12.6. The van der Waals surface area contributed by atoms with Gasteiger partial charge in [0.25, 0.3) is 0 Å². The first kappa shape index (κ1) is 16.8. The number of carbonyl (C=O) groups excluding carboxylic acids is 1. The van der Waals surface area contributed by atoms with Crippen molar-refractivity contribution in [2.45, 2.75) is 12.2 Å². The highest BCUT2D eigenvalue weighted by molar-refractivity contribution is 5.86. The molecule has 0 saturated heterocycles. The lowest BCUT2D eigenvalue weighted by molar-refractivity contribution is -0.138. The first-order valence-corrected chi connectivity index (χ1v) is 5.81. The first-order chi connectivity index (χ1) is 9.77. The molecule has 2 amide bonds. The fourth-order valence-corrected chi connectivity index (χ4v) is 1.70. The molecule has 0 aliphatic heterocycles. The van der Waals surface area contributed by atoms with E-state index < -0.39 is 42.0 Å². The topological polar surface area (TPSA) is 98.7 Å². The van der Waals surface area contributed by atoms with Crippen LogP contribution in [0.4, 0.5) is 18.0 Å². The monoisotopic (exact) mass is 306 g/mol. The number of hydrogen-bond donors (Lipinski definition) is 4. The molecule has 0 saturated carbocycles. The molecule has 0 bridgehead atoms. The van der Waals surface area contributed by atoms with Gasteiger partial charge in [0.1, 0.15) is 6.04 Å². The van der Waals surface area contributed by atoms with E-state index in [0.717, 1.165) is 18.2 Å². The zero-order valence-corrected chi connectivity index (χ0v) is 10.6. The van der Waals surface area contributed by atoms with Crippen molar-refractivity contribution in [2.75, 3.05) is 13.2 Å². The summed E-state index contributed by atoms with van der Waals surface area (Å²) in [6, 6.07) is 2.44. The van der Waals surface area contributed by atoms with Gasteiger partial charge >= 0.3 is 12.3 Å². The number of carbonyl (C=O) groups is 2. The van der Waals surface area contributed by atoms with Gasteiger partial charge in [-0.2, -0.15) is 13.2 Å². The van der Waals surface area contributed by atoms with Gasteiger partial charge in [0.15, 0.2) is 0 Å². The average Bonchev–Trinajstić information content (AvgIpc) is 2.41. The molecule has 0 aliphatic carbocycles.